The van der Waals surface area contributed by atoms with Crippen LogP contribution in [0.3, 0.4) is 0 Å². The molecule has 128 valence electrons. The molecule has 0 bridgehead atoms. The Balaban J connectivity index is 1.91. The SMILES string of the molecule is N#CC1=C(N)N2C(=C(C#N)C13C(=O)Nc1ccccc13)Sc1ccccc12. The number of hydrogen-bond acceptors (Lipinski definition) is 6. The van der Waals surface area contributed by atoms with Crippen molar-refractivity contribution in [3.63, 3.8) is 0 Å². The maximum Gasteiger partial charge on any atom is 0.245 e. The monoisotopic (exact) mass is 369 g/mol. The molecule has 0 aliphatic carbocycles. The number of nitrogens with zero attached hydrogens (tertiary/aromatic N) is 3. The number of fused-ring (bicyclic) bond motifs is 5. The number of para-hydroxylation sites is 2. The fourth-order valence-electron chi connectivity index (χ4n) is 4.01. The van der Waals surface area contributed by atoms with Crippen LogP contribution in [0.25, 0.3) is 0 Å². The lowest BCUT2D eigenvalue weighted by molar-refractivity contribution is -0.118. The highest BCUT2D eigenvalue weighted by atomic mass is 32.2. The lowest BCUT2D eigenvalue weighted by atomic mass is 9.68. The second-order valence-corrected chi connectivity index (χ2v) is 7.35. The molecule has 1 spiro atoms. The van der Waals surface area contributed by atoms with Crippen LogP contribution in [0.1, 0.15) is 5.56 Å². The Morgan fingerprint density at radius 3 is 2.52 bits per heavy atom. The molecule has 7 heteroatoms. The summed E-state index contributed by atoms with van der Waals surface area (Å²) in [5.74, 6) is -0.251. The summed E-state index contributed by atoms with van der Waals surface area (Å²) in [6.45, 7) is 0. The number of amides is 1. The summed E-state index contributed by atoms with van der Waals surface area (Å²) in [6, 6.07) is 19.0. The number of nitriles is 2. The first-order valence-corrected chi connectivity index (χ1v) is 8.99. The number of rotatable bonds is 0. The Morgan fingerprint density at radius 1 is 1.04 bits per heavy atom. The molecule has 3 aliphatic rings. The van der Waals surface area contributed by atoms with Crippen LogP contribution in [0.5, 0.6) is 0 Å². The van der Waals surface area contributed by atoms with Crippen molar-refractivity contribution in [2.45, 2.75) is 10.3 Å². The topological polar surface area (TPSA) is 106 Å². The van der Waals surface area contributed by atoms with E-state index >= 15 is 0 Å². The summed E-state index contributed by atoms with van der Waals surface area (Å²) in [4.78, 5) is 15.8. The maximum absolute atomic E-state index is 13.2. The lowest BCUT2D eigenvalue weighted by Crippen LogP contribution is -2.46. The molecule has 0 fully saturated rings. The molecule has 2 aromatic carbocycles. The second-order valence-electron chi connectivity index (χ2n) is 6.32. The molecule has 0 saturated carbocycles. The van der Waals surface area contributed by atoms with Crippen molar-refractivity contribution in [3.05, 3.63) is 76.1 Å². The molecule has 27 heavy (non-hydrogen) atoms. The van der Waals surface area contributed by atoms with Crippen molar-refractivity contribution < 1.29 is 4.79 Å². The zero-order chi connectivity index (χ0) is 18.8. The predicted molar refractivity (Wildman–Crippen MR) is 101 cm³/mol. The predicted octanol–water partition coefficient (Wildman–Crippen LogP) is 2.93. The first-order chi connectivity index (χ1) is 13.1. The summed E-state index contributed by atoms with van der Waals surface area (Å²) >= 11 is 1.39. The average molecular weight is 369 g/mol. The van der Waals surface area contributed by atoms with E-state index in [0.29, 0.717) is 16.3 Å². The van der Waals surface area contributed by atoms with Gasteiger partial charge < -0.3 is 11.1 Å². The number of benzene rings is 2. The first kappa shape index (κ1) is 15.6. The van der Waals surface area contributed by atoms with Crippen molar-refractivity contribution >= 4 is 29.0 Å². The van der Waals surface area contributed by atoms with Crippen LogP contribution >= 0.6 is 11.8 Å². The largest absolute Gasteiger partial charge is 0.384 e. The molecule has 3 heterocycles. The number of thioether (sulfide) groups is 1. The molecule has 2 aromatic rings. The van der Waals surface area contributed by atoms with Gasteiger partial charge in [0, 0.05) is 16.1 Å². The van der Waals surface area contributed by atoms with Crippen molar-refractivity contribution in [1.29, 1.82) is 10.5 Å². The normalized spacial score (nSPS) is 22.1. The van der Waals surface area contributed by atoms with E-state index < -0.39 is 11.3 Å². The van der Waals surface area contributed by atoms with Crippen LogP contribution in [0.4, 0.5) is 11.4 Å². The van der Waals surface area contributed by atoms with E-state index in [2.05, 4.69) is 17.5 Å². The van der Waals surface area contributed by atoms with Gasteiger partial charge in [-0.05, 0) is 18.2 Å². The highest BCUT2D eigenvalue weighted by Gasteiger charge is 2.59. The number of anilines is 2. The molecule has 5 rings (SSSR count). The fourth-order valence-corrected chi connectivity index (χ4v) is 5.21. The van der Waals surface area contributed by atoms with Gasteiger partial charge in [0.1, 0.15) is 16.9 Å². The van der Waals surface area contributed by atoms with Gasteiger partial charge in [-0.3, -0.25) is 9.69 Å². The minimum absolute atomic E-state index is 0.0718. The Hall–Kier alpha value is -3.68. The summed E-state index contributed by atoms with van der Waals surface area (Å²) in [5.41, 5.74) is 7.16. The second kappa shape index (κ2) is 5.16. The number of nitrogens with two attached hydrogens (primary N) is 1. The van der Waals surface area contributed by atoms with E-state index in [1.807, 2.05) is 24.3 Å². The van der Waals surface area contributed by atoms with Gasteiger partial charge in [-0.2, -0.15) is 10.5 Å². The van der Waals surface area contributed by atoms with E-state index in [1.165, 1.54) is 11.8 Å². The molecule has 1 atom stereocenters. The third kappa shape index (κ3) is 1.67. The van der Waals surface area contributed by atoms with E-state index in [4.69, 9.17) is 5.73 Å². The Kier molecular flexibility index (Phi) is 2.98. The van der Waals surface area contributed by atoms with Gasteiger partial charge in [-0.25, -0.2) is 0 Å². The van der Waals surface area contributed by atoms with Crippen LogP contribution in [-0.4, -0.2) is 5.91 Å². The zero-order valence-corrected chi connectivity index (χ0v) is 14.7. The van der Waals surface area contributed by atoms with E-state index in [-0.39, 0.29) is 17.0 Å². The highest BCUT2D eigenvalue weighted by molar-refractivity contribution is 8.03. The van der Waals surface area contributed by atoms with Gasteiger partial charge in [0.2, 0.25) is 5.91 Å². The molecule has 0 radical (unpaired) electrons. The third-order valence-corrected chi connectivity index (χ3v) is 6.27. The van der Waals surface area contributed by atoms with Crippen LogP contribution < -0.4 is 16.0 Å². The first-order valence-electron chi connectivity index (χ1n) is 8.17. The van der Waals surface area contributed by atoms with Crippen LogP contribution in [0, 0.1) is 22.7 Å². The van der Waals surface area contributed by atoms with Crippen molar-refractivity contribution in [2.24, 2.45) is 5.73 Å². The smallest absolute Gasteiger partial charge is 0.245 e. The fraction of sp³-hybridized carbons (Fsp3) is 0.0500. The summed E-state index contributed by atoms with van der Waals surface area (Å²) in [6.07, 6.45) is 0. The van der Waals surface area contributed by atoms with E-state index in [9.17, 15) is 15.3 Å². The molecule has 1 unspecified atom stereocenters. The van der Waals surface area contributed by atoms with Crippen molar-refractivity contribution in [2.75, 3.05) is 10.2 Å². The lowest BCUT2D eigenvalue weighted by Gasteiger charge is -2.36. The Labute approximate surface area is 159 Å². The van der Waals surface area contributed by atoms with Gasteiger partial charge in [0.25, 0.3) is 0 Å². The quantitative estimate of drug-likeness (QED) is 0.739. The number of nitrogens with one attached hydrogen (secondary N) is 1. The van der Waals surface area contributed by atoms with Crippen LogP contribution in [0.2, 0.25) is 0 Å². The van der Waals surface area contributed by atoms with Crippen LogP contribution in [0.15, 0.2) is 75.4 Å². The zero-order valence-electron chi connectivity index (χ0n) is 13.9. The van der Waals surface area contributed by atoms with Gasteiger partial charge in [-0.1, -0.05) is 42.1 Å². The summed E-state index contributed by atoms with van der Waals surface area (Å²) in [7, 11) is 0. The molecule has 0 aromatic heterocycles. The van der Waals surface area contributed by atoms with Gasteiger partial charge in [0.15, 0.2) is 5.41 Å². The minimum Gasteiger partial charge on any atom is -0.384 e. The number of carbonyl (C=O) groups is 1. The van der Waals surface area contributed by atoms with E-state index in [1.54, 1.807) is 29.2 Å². The number of hydrogen-bond donors (Lipinski definition) is 2. The average Bonchev–Trinajstić information content (AvgIpc) is 3.20. The standard InChI is InChI=1S/C20H11N5OS/c21-9-12-17(23)25-15-7-3-4-8-16(15)27-18(25)13(10-22)20(12)11-5-1-2-6-14(11)24-19(20)26/h1-8H,23H2,(H,24,26). The molecule has 3 aliphatic heterocycles. The van der Waals surface area contributed by atoms with Crippen molar-refractivity contribution in [3.8, 4) is 12.1 Å². The summed E-state index contributed by atoms with van der Waals surface area (Å²) < 4.78 is 0. The molecule has 1 amide bonds. The molecule has 0 saturated heterocycles. The Morgan fingerprint density at radius 2 is 1.74 bits per heavy atom. The highest BCUT2D eigenvalue weighted by Crippen LogP contribution is 2.58. The van der Waals surface area contributed by atoms with E-state index in [0.717, 1.165) is 10.6 Å². The Bertz CT molecular complexity index is 1200. The van der Waals surface area contributed by atoms with Gasteiger partial charge >= 0.3 is 0 Å². The van der Waals surface area contributed by atoms with Gasteiger partial charge in [-0.15, -0.1) is 0 Å². The van der Waals surface area contributed by atoms with Crippen LogP contribution in [-0.2, 0) is 10.2 Å². The van der Waals surface area contributed by atoms with Gasteiger partial charge in [0.05, 0.1) is 22.9 Å². The molecular weight excluding hydrogens is 358 g/mol. The van der Waals surface area contributed by atoms with Crippen molar-refractivity contribution in [1.82, 2.24) is 0 Å². The molecule has 6 nitrogen and oxygen atoms in total. The molecular formula is C20H11N5OS. The number of carbonyl (C=O) groups excluding carboxylic acids is 1. The third-order valence-electron chi connectivity index (χ3n) is 5.12. The minimum atomic E-state index is -1.52. The molecule has 3 N–H and O–H groups in total. The summed E-state index contributed by atoms with van der Waals surface area (Å²) in [5, 5.41) is 23.4. The maximum atomic E-state index is 13.2.